The van der Waals surface area contributed by atoms with Crippen molar-refractivity contribution < 1.29 is 60.7 Å². The normalized spacial score (nSPS) is 10.1. The van der Waals surface area contributed by atoms with E-state index in [0.717, 1.165) is 12.8 Å². The smallest absolute Gasteiger partial charge is 1.00 e. The molecule has 0 aromatic carbocycles. The van der Waals surface area contributed by atoms with Gasteiger partial charge in [0.15, 0.2) is 0 Å². The van der Waals surface area contributed by atoms with Gasteiger partial charge in [0.05, 0.1) is 0 Å². The molecule has 166 valence electrons. The molecule has 6 nitrogen and oxygen atoms in total. The predicted molar refractivity (Wildman–Crippen MR) is 113 cm³/mol. The average molecular weight is 425 g/mol. The first-order chi connectivity index (χ1) is 13.4. The van der Waals surface area contributed by atoms with E-state index in [1.165, 1.54) is 83.5 Å². The number of unbranched alkanes of at least 4 members (excludes halogenated alkanes) is 14. The van der Waals surface area contributed by atoms with Gasteiger partial charge in [0.25, 0.3) is 0 Å². The molecule has 0 heterocycles. The first-order valence-electron chi connectivity index (χ1n) is 10.8. The van der Waals surface area contributed by atoms with Crippen molar-refractivity contribution >= 4 is 17.9 Å². The number of carboxylic acid groups (broad SMARTS) is 3. The Morgan fingerprint density at radius 1 is 0.586 bits per heavy atom. The number of aliphatic carboxylic acids is 3. The van der Waals surface area contributed by atoms with Crippen molar-refractivity contribution in [3.8, 4) is 0 Å². The molecule has 0 radical (unpaired) electrons. The molecule has 0 atom stereocenters. The number of hydrogen-bond donors (Lipinski definition) is 3. The average Bonchev–Trinajstić information content (AvgIpc) is 2.63. The van der Waals surface area contributed by atoms with Crippen molar-refractivity contribution in [2.24, 2.45) is 0 Å². The maximum atomic E-state index is 10.3. The molecule has 0 rings (SSSR count). The van der Waals surface area contributed by atoms with Crippen molar-refractivity contribution in [2.45, 2.75) is 110 Å². The van der Waals surface area contributed by atoms with Crippen LogP contribution in [0.2, 0.25) is 0 Å². The number of rotatable bonds is 18. The van der Waals surface area contributed by atoms with Gasteiger partial charge in [0.1, 0.15) is 0 Å². The maximum Gasteiger partial charge on any atom is 1.00 e. The van der Waals surface area contributed by atoms with Gasteiger partial charge in [0.2, 0.25) is 0 Å². The van der Waals surface area contributed by atoms with Crippen LogP contribution in [-0.2, 0) is 14.4 Å². The molecule has 0 unspecified atom stereocenters. The van der Waals surface area contributed by atoms with Gasteiger partial charge in [-0.3, -0.25) is 4.79 Å². The van der Waals surface area contributed by atoms with Crippen LogP contribution in [0.3, 0.4) is 0 Å². The van der Waals surface area contributed by atoms with Crippen molar-refractivity contribution in [3.63, 3.8) is 0 Å². The van der Waals surface area contributed by atoms with Crippen molar-refractivity contribution in [1.29, 1.82) is 0 Å². The number of hydrogen-bond acceptors (Lipinski definition) is 3. The van der Waals surface area contributed by atoms with Crippen LogP contribution >= 0.6 is 0 Å². The number of carbonyl (C=O) groups is 3. The Hall–Kier alpha value is -0.850. The van der Waals surface area contributed by atoms with Crippen LogP contribution < -0.4 is 29.6 Å². The minimum Gasteiger partial charge on any atom is -1.00 e. The molecule has 0 aromatic rings. The molecule has 0 bridgehead atoms. The Kier molecular flexibility index (Phi) is 30.7. The summed E-state index contributed by atoms with van der Waals surface area (Å²) < 4.78 is 0. The van der Waals surface area contributed by atoms with Gasteiger partial charge in [-0.15, -0.1) is 0 Å². The second-order valence-electron chi connectivity index (χ2n) is 7.10. The summed E-state index contributed by atoms with van der Waals surface area (Å²) in [6.45, 7) is 2.27. The van der Waals surface area contributed by atoms with E-state index in [-0.39, 0.29) is 31.0 Å². The molecule has 29 heavy (non-hydrogen) atoms. The van der Waals surface area contributed by atoms with Gasteiger partial charge in [-0.1, -0.05) is 96.8 Å². The molecular formula is C22H41NaO6. The molecule has 0 aliphatic carbocycles. The summed E-state index contributed by atoms with van der Waals surface area (Å²) in [6, 6.07) is 0. The maximum absolute atomic E-state index is 10.3. The summed E-state index contributed by atoms with van der Waals surface area (Å²) in [5.41, 5.74) is 0. The fraction of sp³-hybridized carbons (Fsp3) is 0.773. The topological polar surface area (TPSA) is 112 Å². The van der Waals surface area contributed by atoms with Crippen LogP contribution in [0.25, 0.3) is 0 Å². The summed E-state index contributed by atoms with van der Waals surface area (Å²) in [6.07, 6.45) is 21.3. The van der Waals surface area contributed by atoms with E-state index in [1.54, 1.807) is 0 Å². The van der Waals surface area contributed by atoms with Gasteiger partial charge in [-0.2, -0.15) is 0 Å². The van der Waals surface area contributed by atoms with Gasteiger partial charge in [0, 0.05) is 18.6 Å². The third-order valence-electron chi connectivity index (χ3n) is 4.36. The van der Waals surface area contributed by atoms with E-state index in [0.29, 0.717) is 18.6 Å². The quantitative estimate of drug-likeness (QED) is 0.177. The first-order valence-corrected chi connectivity index (χ1v) is 10.8. The van der Waals surface area contributed by atoms with Crippen molar-refractivity contribution in [2.75, 3.05) is 0 Å². The van der Waals surface area contributed by atoms with Gasteiger partial charge >= 0.3 is 47.5 Å². The molecule has 0 aliphatic heterocycles. The summed E-state index contributed by atoms with van der Waals surface area (Å²) in [5.74, 6) is -3.17. The molecule has 3 N–H and O–H groups in total. The Bertz CT molecular complexity index is 414. The standard InChI is InChI=1S/C18H36O2.C4H4O4.Na.H/c1-2-3-4-5-6-7-8-9-10-11-12-13-14-15-16-17-18(19)20;5-3(6)1-2-4(7)8;;/h2-17H2,1H3,(H,19,20);1-2H,(H,5,6)(H,7,8);;/q;;+1;-1/b;2-1+;;. The minimum absolute atomic E-state index is 0. The van der Waals surface area contributed by atoms with Crippen LogP contribution in [0.4, 0.5) is 0 Å². The van der Waals surface area contributed by atoms with Gasteiger partial charge < -0.3 is 16.7 Å². The zero-order valence-electron chi connectivity index (χ0n) is 19.5. The fourth-order valence-electron chi connectivity index (χ4n) is 2.79. The molecule has 7 heteroatoms. The van der Waals surface area contributed by atoms with E-state index in [2.05, 4.69) is 6.92 Å². The van der Waals surface area contributed by atoms with Crippen LogP contribution in [0.1, 0.15) is 111 Å². The van der Waals surface area contributed by atoms with Crippen LogP contribution in [0, 0.1) is 0 Å². The van der Waals surface area contributed by atoms with Crippen molar-refractivity contribution in [1.82, 2.24) is 0 Å². The Balaban J connectivity index is -0.000000288. The molecule has 0 amide bonds. The van der Waals surface area contributed by atoms with Crippen LogP contribution in [0.15, 0.2) is 12.2 Å². The van der Waals surface area contributed by atoms with E-state index in [1.807, 2.05) is 0 Å². The molecule has 0 spiro atoms. The summed E-state index contributed by atoms with van der Waals surface area (Å²) in [5, 5.41) is 24.1. The zero-order valence-corrected chi connectivity index (χ0v) is 20.5. The summed E-state index contributed by atoms with van der Waals surface area (Å²) in [7, 11) is 0. The van der Waals surface area contributed by atoms with E-state index in [4.69, 9.17) is 15.3 Å². The molecule has 0 aliphatic rings. The van der Waals surface area contributed by atoms with E-state index in [9.17, 15) is 14.4 Å². The van der Waals surface area contributed by atoms with Gasteiger partial charge in [-0.25, -0.2) is 9.59 Å². The second kappa shape index (κ2) is 27.1. The zero-order chi connectivity index (χ0) is 21.5. The Morgan fingerprint density at radius 2 is 0.862 bits per heavy atom. The molecule has 0 saturated carbocycles. The molecule has 0 fully saturated rings. The molecule has 0 saturated heterocycles. The molecule has 0 aromatic heterocycles. The largest absolute Gasteiger partial charge is 1.00 e. The fourth-order valence-corrected chi connectivity index (χ4v) is 2.79. The predicted octanol–water partition coefficient (Wildman–Crippen LogP) is 3.16. The van der Waals surface area contributed by atoms with Gasteiger partial charge in [-0.05, 0) is 6.42 Å². The minimum atomic E-state index is -1.26. The Morgan fingerprint density at radius 3 is 1.10 bits per heavy atom. The first kappa shape index (κ1) is 32.8. The van der Waals surface area contributed by atoms with E-state index >= 15 is 0 Å². The van der Waals surface area contributed by atoms with Crippen molar-refractivity contribution in [3.05, 3.63) is 12.2 Å². The summed E-state index contributed by atoms with van der Waals surface area (Å²) in [4.78, 5) is 29.4. The third-order valence-corrected chi connectivity index (χ3v) is 4.36. The third kappa shape index (κ3) is 38.4. The number of carboxylic acids is 3. The summed E-state index contributed by atoms with van der Waals surface area (Å²) >= 11 is 0. The van der Waals surface area contributed by atoms with E-state index < -0.39 is 17.9 Å². The monoisotopic (exact) mass is 424 g/mol. The Labute approximate surface area is 199 Å². The van der Waals surface area contributed by atoms with Crippen LogP contribution in [0.5, 0.6) is 0 Å². The van der Waals surface area contributed by atoms with Crippen LogP contribution in [-0.4, -0.2) is 33.2 Å². The molecular weight excluding hydrogens is 383 g/mol. The SMILES string of the molecule is CCCCCCCCCCCCCCCCCC(=O)O.O=C(O)/C=C/C(=O)O.[H-].[Na+]. The second-order valence-corrected chi connectivity index (χ2v) is 7.10.